The van der Waals surface area contributed by atoms with Crippen LogP contribution in [0.1, 0.15) is 12.8 Å². The van der Waals surface area contributed by atoms with E-state index < -0.39 is 22.0 Å². The quantitative estimate of drug-likeness (QED) is 0.553. The Balaban J connectivity index is 3.88. The number of hydrogen-bond acceptors (Lipinski definition) is 5. The van der Waals surface area contributed by atoms with Gasteiger partial charge in [-0.15, -0.1) is 0 Å². The average molecular weight is 224 g/mol. The fraction of sp³-hybridized carbons (Fsp3) is 0.857. The van der Waals surface area contributed by atoms with Crippen LogP contribution in [0.5, 0.6) is 0 Å². The minimum atomic E-state index is -3.51. The summed E-state index contributed by atoms with van der Waals surface area (Å²) >= 11 is 0. The number of hydrogen-bond donors (Lipinski definition) is 2. The molecule has 0 aromatic carbocycles. The highest BCUT2D eigenvalue weighted by Crippen LogP contribution is 1.95. The van der Waals surface area contributed by atoms with Crippen LogP contribution in [0.3, 0.4) is 0 Å². The van der Waals surface area contributed by atoms with Crippen molar-refractivity contribution in [2.75, 3.05) is 20.0 Å². The first-order valence-electron chi connectivity index (χ1n) is 4.13. The van der Waals surface area contributed by atoms with Gasteiger partial charge in [-0.3, -0.25) is 9.52 Å². The van der Waals surface area contributed by atoms with Crippen molar-refractivity contribution in [3.8, 4) is 0 Å². The zero-order valence-corrected chi connectivity index (χ0v) is 9.13. The Morgan fingerprint density at radius 1 is 1.57 bits per heavy atom. The van der Waals surface area contributed by atoms with E-state index in [-0.39, 0.29) is 0 Å². The molecule has 6 nitrogen and oxygen atoms in total. The molecule has 0 saturated heterocycles. The van der Waals surface area contributed by atoms with E-state index in [0.717, 1.165) is 6.26 Å². The molecule has 0 aliphatic heterocycles. The van der Waals surface area contributed by atoms with Gasteiger partial charge < -0.3 is 10.5 Å². The zero-order valence-electron chi connectivity index (χ0n) is 8.32. The molecule has 0 aromatic rings. The second-order valence-corrected chi connectivity index (χ2v) is 4.73. The lowest BCUT2D eigenvalue weighted by molar-refractivity contribution is -0.120. The number of rotatable bonds is 6. The standard InChI is InChI=1S/C7H16N2O4S/c1-13-5-3-4-6(8)7(10)9-14(2,11)12/h6H,3-5,8H2,1-2H3,(H,9,10). The van der Waals surface area contributed by atoms with Crippen molar-refractivity contribution in [1.29, 1.82) is 0 Å². The number of amides is 1. The molecule has 0 bridgehead atoms. The number of methoxy groups -OCH3 is 1. The number of sulfonamides is 1. The molecule has 1 atom stereocenters. The Labute approximate surface area is 83.9 Å². The highest BCUT2D eigenvalue weighted by molar-refractivity contribution is 7.89. The van der Waals surface area contributed by atoms with Crippen LogP contribution >= 0.6 is 0 Å². The van der Waals surface area contributed by atoms with Crippen LogP contribution < -0.4 is 10.5 Å². The average Bonchev–Trinajstić information content (AvgIpc) is 2.01. The minimum Gasteiger partial charge on any atom is -0.385 e. The molecule has 84 valence electrons. The van der Waals surface area contributed by atoms with Crippen molar-refractivity contribution in [2.45, 2.75) is 18.9 Å². The summed E-state index contributed by atoms with van der Waals surface area (Å²) in [4.78, 5) is 11.1. The molecule has 0 radical (unpaired) electrons. The lowest BCUT2D eigenvalue weighted by atomic mass is 10.2. The fourth-order valence-electron chi connectivity index (χ4n) is 0.837. The summed E-state index contributed by atoms with van der Waals surface area (Å²) < 4.78 is 27.9. The predicted molar refractivity (Wildman–Crippen MR) is 52.1 cm³/mol. The largest absolute Gasteiger partial charge is 0.385 e. The monoisotopic (exact) mass is 224 g/mol. The molecule has 1 amide bonds. The van der Waals surface area contributed by atoms with E-state index in [2.05, 4.69) is 0 Å². The molecule has 0 aliphatic rings. The Bertz CT molecular complexity index is 275. The highest BCUT2D eigenvalue weighted by Gasteiger charge is 2.16. The van der Waals surface area contributed by atoms with E-state index in [1.807, 2.05) is 4.72 Å². The lowest BCUT2D eigenvalue weighted by Gasteiger charge is -2.10. The van der Waals surface area contributed by atoms with Crippen molar-refractivity contribution in [1.82, 2.24) is 4.72 Å². The summed E-state index contributed by atoms with van der Waals surface area (Å²) in [6.45, 7) is 0.500. The Morgan fingerprint density at radius 2 is 2.14 bits per heavy atom. The van der Waals surface area contributed by atoms with Crippen LogP contribution in [-0.4, -0.2) is 40.3 Å². The van der Waals surface area contributed by atoms with Gasteiger partial charge in [-0.2, -0.15) is 0 Å². The van der Waals surface area contributed by atoms with Crippen molar-refractivity contribution >= 4 is 15.9 Å². The number of carbonyl (C=O) groups excluding carboxylic acids is 1. The van der Waals surface area contributed by atoms with Crippen molar-refractivity contribution < 1.29 is 17.9 Å². The number of nitrogens with one attached hydrogen (secondary N) is 1. The van der Waals surface area contributed by atoms with Gasteiger partial charge in [0.05, 0.1) is 12.3 Å². The third-order valence-corrected chi connectivity index (χ3v) is 2.06. The van der Waals surface area contributed by atoms with Gasteiger partial charge in [0.15, 0.2) is 0 Å². The molecule has 0 aromatic heterocycles. The summed E-state index contributed by atoms with van der Waals surface area (Å²) in [6, 6.07) is -0.806. The van der Waals surface area contributed by atoms with Gasteiger partial charge >= 0.3 is 0 Å². The molecule has 0 aliphatic carbocycles. The molecule has 14 heavy (non-hydrogen) atoms. The maximum atomic E-state index is 11.1. The summed E-state index contributed by atoms with van der Waals surface area (Å²) in [7, 11) is -1.97. The first kappa shape index (κ1) is 13.3. The van der Waals surface area contributed by atoms with Gasteiger partial charge in [0, 0.05) is 13.7 Å². The first-order valence-corrected chi connectivity index (χ1v) is 6.02. The van der Waals surface area contributed by atoms with Gasteiger partial charge in [-0.05, 0) is 12.8 Å². The SMILES string of the molecule is COCCCC(N)C(=O)NS(C)(=O)=O. The summed E-state index contributed by atoms with van der Waals surface area (Å²) in [5.41, 5.74) is 5.43. The molecule has 3 N–H and O–H groups in total. The Kier molecular flexibility index (Phi) is 5.66. The molecule has 0 heterocycles. The lowest BCUT2D eigenvalue weighted by Crippen LogP contribution is -2.43. The van der Waals surface area contributed by atoms with E-state index in [1.165, 1.54) is 0 Å². The van der Waals surface area contributed by atoms with Crippen molar-refractivity contribution in [3.63, 3.8) is 0 Å². The first-order chi connectivity index (χ1) is 6.37. The number of carbonyl (C=O) groups is 1. The molecular formula is C7H16N2O4S. The van der Waals surface area contributed by atoms with Crippen LogP contribution in [-0.2, 0) is 19.6 Å². The van der Waals surface area contributed by atoms with Crippen LogP contribution in [0.2, 0.25) is 0 Å². The van der Waals surface area contributed by atoms with Gasteiger partial charge in [-0.25, -0.2) is 8.42 Å². The zero-order chi connectivity index (χ0) is 11.2. The van der Waals surface area contributed by atoms with E-state index >= 15 is 0 Å². The molecule has 0 spiro atoms. The summed E-state index contributed by atoms with van der Waals surface area (Å²) in [5, 5.41) is 0. The summed E-state index contributed by atoms with van der Waals surface area (Å²) in [6.07, 6.45) is 1.93. The normalized spacial score (nSPS) is 13.6. The van der Waals surface area contributed by atoms with Crippen LogP contribution in [0, 0.1) is 0 Å². The molecule has 1 unspecified atom stereocenters. The van der Waals surface area contributed by atoms with Crippen molar-refractivity contribution in [2.24, 2.45) is 5.73 Å². The highest BCUT2D eigenvalue weighted by atomic mass is 32.2. The second-order valence-electron chi connectivity index (χ2n) is 2.98. The van der Waals surface area contributed by atoms with Crippen LogP contribution in [0.25, 0.3) is 0 Å². The second kappa shape index (κ2) is 5.94. The smallest absolute Gasteiger partial charge is 0.250 e. The van der Waals surface area contributed by atoms with Gasteiger partial charge in [-0.1, -0.05) is 0 Å². The molecule has 0 saturated carbocycles. The number of nitrogens with two attached hydrogens (primary N) is 1. The molecule has 7 heteroatoms. The maximum Gasteiger partial charge on any atom is 0.250 e. The minimum absolute atomic E-state index is 0.398. The number of ether oxygens (including phenoxy) is 1. The van der Waals surface area contributed by atoms with Crippen LogP contribution in [0.4, 0.5) is 0 Å². The third-order valence-electron chi connectivity index (χ3n) is 1.49. The maximum absolute atomic E-state index is 11.1. The van der Waals surface area contributed by atoms with Gasteiger partial charge in [0.2, 0.25) is 15.9 Å². The van der Waals surface area contributed by atoms with E-state index in [9.17, 15) is 13.2 Å². The van der Waals surface area contributed by atoms with Crippen molar-refractivity contribution in [3.05, 3.63) is 0 Å². The topological polar surface area (TPSA) is 98.5 Å². The van der Waals surface area contributed by atoms with Gasteiger partial charge in [0.25, 0.3) is 0 Å². The fourth-order valence-corrected chi connectivity index (χ4v) is 1.35. The third kappa shape index (κ3) is 6.81. The predicted octanol–water partition coefficient (Wildman–Crippen LogP) is -1.18. The Hall–Kier alpha value is -0.660. The molecular weight excluding hydrogens is 208 g/mol. The van der Waals surface area contributed by atoms with Crippen LogP contribution in [0.15, 0.2) is 0 Å². The van der Waals surface area contributed by atoms with E-state index in [4.69, 9.17) is 10.5 Å². The van der Waals surface area contributed by atoms with Gasteiger partial charge in [0.1, 0.15) is 0 Å². The Morgan fingerprint density at radius 3 is 2.57 bits per heavy atom. The van der Waals surface area contributed by atoms with E-state index in [0.29, 0.717) is 19.4 Å². The molecule has 0 fully saturated rings. The summed E-state index contributed by atoms with van der Waals surface area (Å²) in [5.74, 6) is -0.677. The molecule has 0 rings (SSSR count). The van der Waals surface area contributed by atoms with E-state index in [1.54, 1.807) is 7.11 Å².